The molecule has 3 heterocycles. The number of aryl methyl sites for hydroxylation is 2. The van der Waals surface area contributed by atoms with E-state index in [4.69, 9.17) is 10.5 Å². The zero-order chi connectivity index (χ0) is 19.9. The third kappa shape index (κ3) is 5.17. The maximum Gasteiger partial charge on any atom is 0.137 e. The van der Waals surface area contributed by atoms with Gasteiger partial charge in [-0.3, -0.25) is 4.98 Å². The van der Waals surface area contributed by atoms with E-state index in [0.717, 1.165) is 51.0 Å². The minimum absolute atomic E-state index is 0.618. The van der Waals surface area contributed by atoms with Crippen molar-refractivity contribution >= 4 is 10.9 Å². The van der Waals surface area contributed by atoms with Crippen molar-refractivity contribution in [2.75, 3.05) is 19.7 Å². The second kappa shape index (κ2) is 9.90. The summed E-state index contributed by atoms with van der Waals surface area (Å²) in [6.07, 6.45) is 13.5. The fourth-order valence-corrected chi connectivity index (χ4v) is 4.33. The summed E-state index contributed by atoms with van der Waals surface area (Å²) >= 11 is 0. The van der Waals surface area contributed by atoms with E-state index in [-0.39, 0.29) is 0 Å². The summed E-state index contributed by atoms with van der Waals surface area (Å²) < 4.78 is 5.94. The number of fused-ring (bicyclic) bond motifs is 1. The molecule has 3 aromatic rings. The number of pyridine rings is 1. The number of aromatic nitrogens is 2. The van der Waals surface area contributed by atoms with Crippen molar-refractivity contribution in [3.63, 3.8) is 0 Å². The number of hydrogen-bond donors (Lipinski definition) is 3. The molecule has 1 aliphatic rings. The van der Waals surface area contributed by atoms with Crippen LogP contribution in [-0.2, 0) is 19.3 Å². The van der Waals surface area contributed by atoms with Crippen molar-refractivity contribution in [1.29, 1.82) is 0 Å². The maximum atomic E-state index is 5.94. The fourth-order valence-electron chi connectivity index (χ4n) is 4.33. The molecule has 1 fully saturated rings. The van der Waals surface area contributed by atoms with E-state index in [0.29, 0.717) is 12.6 Å². The quantitative estimate of drug-likeness (QED) is 0.491. The second-order valence-corrected chi connectivity index (χ2v) is 8.01. The van der Waals surface area contributed by atoms with Crippen LogP contribution in [0.4, 0.5) is 0 Å². The Morgan fingerprint density at radius 1 is 1.14 bits per heavy atom. The largest absolute Gasteiger partial charge is 0.492 e. The third-order valence-corrected chi connectivity index (χ3v) is 5.88. The van der Waals surface area contributed by atoms with E-state index in [1.54, 1.807) is 0 Å². The molecule has 5 nitrogen and oxygen atoms in total. The van der Waals surface area contributed by atoms with Gasteiger partial charge in [0.2, 0.25) is 0 Å². The minimum Gasteiger partial charge on any atom is -0.492 e. The Morgan fingerprint density at radius 3 is 2.97 bits per heavy atom. The average molecular weight is 393 g/mol. The van der Waals surface area contributed by atoms with Gasteiger partial charge >= 0.3 is 0 Å². The van der Waals surface area contributed by atoms with Gasteiger partial charge in [-0.2, -0.15) is 0 Å². The Labute approximate surface area is 173 Å². The van der Waals surface area contributed by atoms with Gasteiger partial charge in [0.1, 0.15) is 5.75 Å². The Kier molecular flexibility index (Phi) is 6.80. The van der Waals surface area contributed by atoms with Gasteiger partial charge in [-0.1, -0.05) is 18.2 Å². The van der Waals surface area contributed by atoms with E-state index in [9.17, 15) is 0 Å². The molecule has 154 valence electrons. The number of rotatable bonds is 10. The standard InChI is InChI=1S/C24H32N4O/c25-11-9-20-16-28-24-19(6-2-8-23(20)24)5-1-4-18-14-22(17-26-15-18)29-13-10-21-7-3-12-27-21/h2,6,8,14-17,21,27-28H,1,3-5,7,9-13,25H2/t21-/m0/s1. The number of ether oxygens (including phenoxy) is 1. The number of para-hydroxylation sites is 1. The molecule has 0 amide bonds. The van der Waals surface area contributed by atoms with Gasteiger partial charge in [-0.05, 0) is 80.8 Å². The van der Waals surface area contributed by atoms with Crippen molar-refractivity contribution in [3.05, 3.63) is 59.5 Å². The van der Waals surface area contributed by atoms with Crippen LogP contribution in [0.5, 0.6) is 5.75 Å². The summed E-state index contributed by atoms with van der Waals surface area (Å²) in [7, 11) is 0. The number of nitrogens with one attached hydrogen (secondary N) is 2. The molecule has 1 aromatic carbocycles. The van der Waals surface area contributed by atoms with Crippen molar-refractivity contribution in [2.45, 2.75) is 51.0 Å². The molecule has 5 heteroatoms. The first kappa shape index (κ1) is 19.9. The van der Waals surface area contributed by atoms with Crippen LogP contribution in [0.2, 0.25) is 0 Å². The Bertz CT molecular complexity index is 914. The van der Waals surface area contributed by atoms with Crippen LogP contribution in [-0.4, -0.2) is 35.7 Å². The Hall–Kier alpha value is -2.37. The molecule has 0 spiro atoms. The molecule has 4 N–H and O–H groups in total. The predicted octanol–water partition coefficient (Wildman–Crippen LogP) is 3.76. The van der Waals surface area contributed by atoms with Gasteiger partial charge in [0.15, 0.2) is 0 Å². The van der Waals surface area contributed by atoms with E-state index in [1.165, 1.54) is 40.4 Å². The van der Waals surface area contributed by atoms with Gasteiger partial charge in [-0.15, -0.1) is 0 Å². The number of H-pyrrole nitrogens is 1. The van der Waals surface area contributed by atoms with E-state index >= 15 is 0 Å². The van der Waals surface area contributed by atoms with Crippen LogP contribution < -0.4 is 15.8 Å². The highest BCUT2D eigenvalue weighted by atomic mass is 16.5. The number of aromatic amines is 1. The number of nitrogens with zero attached hydrogens (tertiary/aromatic N) is 1. The Morgan fingerprint density at radius 2 is 2.10 bits per heavy atom. The first-order valence-electron chi connectivity index (χ1n) is 10.9. The minimum atomic E-state index is 0.618. The summed E-state index contributed by atoms with van der Waals surface area (Å²) in [5.74, 6) is 0.887. The highest BCUT2D eigenvalue weighted by Gasteiger charge is 2.13. The summed E-state index contributed by atoms with van der Waals surface area (Å²) in [6, 6.07) is 9.32. The third-order valence-electron chi connectivity index (χ3n) is 5.88. The van der Waals surface area contributed by atoms with Crippen LogP contribution in [0.1, 0.15) is 42.4 Å². The number of benzene rings is 1. The molecule has 4 rings (SSSR count). The first-order valence-corrected chi connectivity index (χ1v) is 10.9. The maximum absolute atomic E-state index is 5.94. The zero-order valence-electron chi connectivity index (χ0n) is 17.1. The highest BCUT2D eigenvalue weighted by molar-refractivity contribution is 5.86. The molecule has 0 unspecified atom stereocenters. The second-order valence-electron chi connectivity index (χ2n) is 8.01. The lowest BCUT2D eigenvalue weighted by Gasteiger charge is -2.11. The molecule has 29 heavy (non-hydrogen) atoms. The van der Waals surface area contributed by atoms with Crippen molar-refractivity contribution in [3.8, 4) is 5.75 Å². The van der Waals surface area contributed by atoms with Crippen LogP contribution in [0.25, 0.3) is 10.9 Å². The lowest BCUT2D eigenvalue weighted by Crippen LogP contribution is -2.23. The van der Waals surface area contributed by atoms with E-state index < -0.39 is 0 Å². The van der Waals surface area contributed by atoms with Gasteiger partial charge < -0.3 is 20.8 Å². The van der Waals surface area contributed by atoms with Crippen molar-refractivity contribution in [2.24, 2.45) is 5.73 Å². The number of hydrogen-bond acceptors (Lipinski definition) is 4. The molecule has 2 aromatic heterocycles. The molecular weight excluding hydrogens is 360 g/mol. The summed E-state index contributed by atoms with van der Waals surface area (Å²) in [5, 5.41) is 4.82. The van der Waals surface area contributed by atoms with E-state index in [1.807, 2.05) is 12.4 Å². The topological polar surface area (TPSA) is 76.0 Å². The normalized spacial score (nSPS) is 16.5. The fraction of sp³-hybridized carbons (Fsp3) is 0.458. The van der Waals surface area contributed by atoms with Crippen molar-refractivity contribution in [1.82, 2.24) is 15.3 Å². The lowest BCUT2D eigenvalue weighted by atomic mass is 10.0. The Balaban J connectivity index is 1.30. The smallest absolute Gasteiger partial charge is 0.137 e. The highest BCUT2D eigenvalue weighted by Crippen LogP contribution is 2.24. The van der Waals surface area contributed by atoms with Crippen molar-refractivity contribution < 1.29 is 4.74 Å². The van der Waals surface area contributed by atoms with Crippen LogP contribution in [0, 0.1) is 0 Å². The molecule has 1 aliphatic heterocycles. The van der Waals surface area contributed by atoms with Gasteiger partial charge in [0.25, 0.3) is 0 Å². The van der Waals surface area contributed by atoms with Crippen LogP contribution in [0.15, 0.2) is 42.9 Å². The first-order chi connectivity index (χ1) is 14.3. The SMILES string of the molecule is NCCc1c[nH]c2c(CCCc3cncc(OCC[C@@H]4CCCN4)c3)cccc12. The predicted molar refractivity (Wildman–Crippen MR) is 118 cm³/mol. The molecular formula is C24H32N4O. The number of nitrogens with two attached hydrogens (primary N) is 1. The molecule has 0 radical (unpaired) electrons. The summed E-state index contributed by atoms with van der Waals surface area (Å²) in [5.41, 5.74) is 10.9. The van der Waals surface area contributed by atoms with E-state index in [2.05, 4.69) is 45.7 Å². The summed E-state index contributed by atoms with van der Waals surface area (Å²) in [6.45, 7) is 2.58. The van der Waals surface area contributed by atoms with Gasteiger partial charge in [0, 0.05) is 29.3 Å². The average Bonchev–Trinajstić information content (AvgIpc) is 3.40. The van der Waals surface area contributed by atoms with Crippen LogP contribution in [0.3, 0.4) is 0 Å². The molecule has 0 saturated carbocycles. The van der Waals surface area contributed by atoms with Gasteiger partial charge in [0.05, 0.1) is 12.8 Å². The monoisotopic (exact) mass is 392 g/mol. The van der Waals surface area contributed by atoms with Gasteiger partial charge in [-0.25, -0.2) is 0 Å². The molecule has 1 atom stereocenters. The van der Waals surface area contributed by atoms with Crippen LogP contribution >= 0.6 is 0 Å². The lowest BCUT2D eigenvalue weighted by molar-refractivity contribution is 0.291. The molecule has 1 saturated heterocycles. The zero-order valence-corrected chi connectivity index (χ0v) is 17.1. The molecule has 0 bridgehead atoms. The summed E-state index contributed by atoms with van der Waals surface area (Å²) in [4.78, 5) is 7.83. The molecule has 0 aliphatic carbocycles.